The number of rotatable bonds is 1. The van der Waals surface area contributed by atoms with Gasteiger partial charge < -0.3 is 9.47 Å². The first kappa shape index (κ1) is 9.31. The number of fused-ring (bicyclic) bond motifs is 1. The van der Waals surface area contributed by atoms with Gasteiger partial charge in [0, 0.05) is 38.5 Å². The second-order valence-electron chi connectivity index (χ2n) is 4.04. The number of nitrogens with zero attached hydrogens (tertiary/aromatic N) is 2. The SMILES string of the molecule is CN(C)c1cc(=O)cc2n1CCCC2. The summed E-state index contributed by atoms with van der Waals surface area (Å²) in [5, 5.41) is 0. The summed E-state index contributed by atoms with van der Waals surface area (Å²) in [6, 6.07) is 3.49. The fourth-order valence-electron chi connectivity index (χ4n) is 2.05. The molecule has 2 rings (SSSR count). The Hall–Kier alpha value is -1.25. The van der Waals surface area contributed by atoms with Gasteiger partial charge in [0.15, 0.2) is 5.43 Å². The largest absolute Gasteiger partial charge is 0.364 e. The molecule has 0 fully saturated rings. The summed E-state index contributed by atoms with van der Waals surface area (Å²) < 4.78 is 2.25. The van der Waals surface area contributed by atoms with Crippen LogP contribution in [0, 0.1) is 0 Å². The van der Waals surface area contributed by atoms with Crippen molar-refractivity contribution in [3.8, 4) is 0 Å². The molecule has 0 aromatic carbocycles. The van der Waals surface area contributed by atoms with Gasteiger partial charge in [-0.3, -0.25) is 4.79 Å². The van der Waals surface area contributed by atoms with E-state index in [4.69, 9.17) is 0 Å². The van der Waals surface area contributed by atoms with Crippen LogP contribution in [0.1, 0.15) is 18.5 Å². The Labute approximate surface area is 84.0 Å². The summed E-state index contributed by atoms with van der Waals surface area (Å²) >= 11 is 0. The van der Waals surface area contributed by atoms with Gasteiger partial charge in [0.2, 0.25) is 0 Å². The Morgan fingerprint density at radius 1 is 1.29 bits per heavy atom. The van der Waals surface area contributed by atoms with Gasteiger partial charge in [-0.2, -0.15) is 0 Å². The number of hydrogen-bond donors (Lipinski definition) is 0. The lowest BCUT2D eigenvalue weighted by Gasteiger charge is -2.26. The Morgan fingerprint density at radius 3 is 2.79 bits per heavy atom. The van der Waals surface area contributed by atoms with E-state index >= 15 is 0 Å². The molecular weight excluding hydrogens is 176 g/mol. The molecule has 1 aliphatic rings. The lowest BCUT2D eigenvalue weighted by atomic mass is 10.1. The van der Waals surface area contributed by atoms with E-state index in [2.05, 4.69) is 4.57 Å². The molecule has 0 saturated heterocycles. The van der Waals surface area contributed by atoms with E-state index < -0.39 is 0 Å². The molecule has 1 aliphatic heterocycles. The number of aryl methyl sites for hydroxylation is 1. The van der Waals surface area contributed by atoms with Crippen molar-refractivity contribution in [3.05, 3.63) is 28.0 Å². The maximum atomic E-state index is 11.4. The average Bonchev–Trinajstić information content (AvgIpc) is 2.16. The van der Waals surface area contributed by atoms with Crippen LogP contribution in [0.2, 0.25) is 0 Å². The van der Waals surface area contributed by atoms with Crippen molar-refractivity contribution < 1.29 is 0 Å². The number of anilines is 1. The minimum absolute atomic E-state index is 0.127. The van der Waals surface area contributed by atoms with E-state index in [0.29, 0.717) is 0 Å². The third kappa shape index (κ3) is 1.54. The van der Waals surface area contributed by atoms with E-state index in [1.165, 1.54) is 18.5 Å². The summed E-state index contributed by atoms with van der Waals surface area (Å²) in [6.45, 7) is 1.04. The highest BCUT2D eigenvalue weighted by Gasteiger charge is 2.12. The Bertz CT molecular complexity index is 393. The van der Waals surface area contributed by atoms with Crippen molar-refractivity contribution in [2.45, 2.75) is 25.8 Å². The van der Waals surface area contributed by atoms with Gasteiger partial charge in [-0.15, -0.1) is 0 Å². The van der Waals surface area contributed by atoms with Crippen LogP contribution in [0.5, 0.6) is 0 Å². The van der Waals surface area contributed by atoms with E-state index in [0.717, 1.165) is 18.8 Å². The molecule has 0 aliphatic carbocycles. The predicted molar refractivity (Wildman–Crippen MR) is 58.0 cm³/mol. The van der Waals surface area contributed by atoms with Gasteiger partial charge in [-0.1, -0.05) is 0 Å². The Kier molecular flexibility index (Phi) is 2.32. The van der Waals surface area contributed by atoms with Crippen molar-refractivity contribution >= 4 is 5.82 Å². The third-order valence-electron chi connectivity index (χ3n) is 2.73. The normalized spacial score (nSPS) is 15.0. The van der Waals surface area contributed by atoms with Crippen molar-refractivity contribution in [2.24, 2.45) is 0 Å². The number of pyridine rings is 1. The van der Waals surface area contributed by atoms with Crippen LogP contribution in [0.25, 0.3) is 0 Å². The molecule has 0 N–H and O–H groups in total. The minimum atomic E-state index is 0.127. The van der Waals surface area contributed by atoms with Crippen LogP contribution >= 0.6 is 0 Å². The number of hydrogen-bond acceptors (Lipinski definition) is 2. The molecule has 0 atom stereocenters. The summed E-state index contributed by atoms with van der Waals surface area (Å²) in [6.07, 6.45) is 3.46. The zero-order valence-corrected chi connectivity index (χ0v) is 8.79. The van der Waals surface area contributed by atoms with Crippen molar-refractivity contribution in [3.63, 3.8) is 0 Å². The molecule has 1 aromatic rings. The van der Waals surface area contributed by atoms with Crippen LogP contribution in [0.4, 0.5) is 5.82 Å². The molecule has 0 saturated carbocycles. The molecule has 0 spiro atoms. The van der Waals surface area contributed by atoms with Gasteiger partial charge in [-0.25, -0.2) is 0 Å². The molecule has 0 radical (unpaired) electrons. The lowest BCUT2D eigenvalue weighted by molar-refractivity contribution is 0.524. The van der Waals surface area contributed by atoms with E-state index in [9.17, 15) is 4.79 Å². The molecule has 14 heavy (non-hydrogen) atoms. The third-order valence-corrected chi connectivity index (χ3v) is 2.73. The molecular formula is C11H16N2O. The maximum Gasteiger partial charge on any atom is 0.183 e. The lowest BCUT2D eigenvalue weighted by Crippen LogP contribution is -2.24. The summed E-state index contributed by atoms with van der Waals surface area (Å²) in [4.78, 5) is 13.4. The first-order chi connectivity index (χ1) is 6.68. The van der Waals surface area contributed by atoms with Crippen molar-refractivity contribution in [1.82, 2.24) is 4.57 Å². The molecule has 0 amide bonds. The zero-order valence-electron chi connectivity index (χ0n) is 8.79. The van der Waals surface area contributed by atoms with Crippen LogP contribution in [-0.2, 0) is 13.0 Å². The zero-order chi connectivity index (χ0) is 10.1. The second-order valence-corrected chi connectivity index (χ2v) is 4.04. The highest BCUT2D eigenvalue weighted by molar-refractivity contribution is 5.40. The van der Waals surface area contributed by atoms with Gasteiger partial charge >= 0.3 is 0 Å². The fraction of sp³-hybridized carbons (Fsp3) is 0.545. The van der Waals surface area contributed by atoms with Crippen molar-refractivity contribution in [2.75, 3.05) is 19.0 Å². The highest BCUT2D eigenvalue weighted by atomic mass is 16.1. The second kappa shape index (κ2) is 3.48. The highest BCUT2D eigenvalue weighted by Crippen LogP contribution is 2.19. The van der Waals surface area contributed by atoms with Gasteiger partial charge in [0.1, 0.15) is 5.82 Å². The summed E-state index contributed by atoms with van der Waals surface area (Å²) in [5.41, 5.74) is 1.31. The summed E-state index contributed by atoms with van der Waals surface area (Å²) in [7, 11) is 3.97. The molecule has 0 bridgehead atoms. The fourth-order valence-corrected chi connectivity index (χ4v) is 2.05. The number of aromatic nitrogens is 1. The maximum absolute atomic E-state index is 11.4. The molecule has 3 heteroatoms. The molecule has 3 nitrogen and oxygen atoms in total. The molecule has 76 valence electrons. The predicted octanol–water partition coefficient (Wildman–Crippen LogP) is 1.25. The van der Waals surface area contributed by atoms with Gasteiger partial charge in [-0.05, 0) is 19.3 Å². The monoisotopic (exact) mass is 192 g/mol. The van der Waals surface area contributed by atoms with E-state index in [-0.39, 0.29) is 5.43 Å². The molecule has 2 heterocycles. The van der Waals surface area contributed by atoms with E-state index in [1.807, 2.05) is 19.0 Å². The minimum Gasteiger partial charge on any atom is -0.364 e. The topological polar surface area (TPSA) is 25.2 Å². The van der Waals surface area contributed by atoms with Crippen LogP contribution in [0.3, 0.4) is 0 Å². The average molecular weight is 192 g/mol. The first-order valence-corrected chi connectivity index (χ1v) is 5.09. The smallest absolute Gasteiger partial charge is 0.183 e. The standard InChI is InChI=1S/C11H16N2O/c1-12(2)11-8-10(14)7-9-5-3-4-6-13(9)11/h7-8H,3-6H2,1-2H3. The van der Waals surface area contributed by atoms with E-state index in [1.54, 1.807) is 12.1 Å². The van der Waals surface area contributed by atoms with Gasteiger partial charge in [0.05, 0.1) is 0 Å². The van der Waals surface area contributed by atoms with Gasteiger partial charge in [0.25, 0.3) is 0 Å². The van der Waals surface area contributed by atoms with Crippen LogP contribution in [0.15, 0.2) is 16.9 Å². The van der Waals surface area contributed by atoms with Crippen LogP contribution < -0.4 is 10.3 Å². The van der Waals surface area contributed by atoms with Crippen LogP contribution in [-0.4, -0.2) is 18.7 Å². The molecule has 0 unspecified atom stereocenters. The van der Waals surface area contributed by atoms with Crippen molar-refractivity contribution in [1.29, 1.82) is 0 Å². The first-order valence-electron chi connectivity index (χ1n) is 5.09. The molecule has 1 aromatic heterocycles. The Morgan fingerprint density at radius 2 is 2.07 bits per heavy atom. The summed E-state index contributed by atoms with van der Waals surface area (Å²) in [5.74, 6) is 1.03. The Balaban J connectivity index is 2.58. The quantitative estimate of drug-likeness (QED) is 0.669.